The van der Waals surface area contributed by atoms with E-state index in [9.17, 15) is 5.11 Å². The Morgan fingerprint density at radius 2 is 1.66 bits per heavy atom. The van der Waals surface area contributed by atoms with Crippen LogP contribution in [0.4, 0.5) is 6.01 Å². The first-order valence-electron chi connectivity index (χ1n) is 9.90. The van der Waals surface area contributed by atoms with Crippen molar-refractivity contribution in [2.24, 2.45) is 5.41 Å². The van der Waals surface area contributed by atoms with E-state index >= 15 is 0 Å². The van der Waals surface area contributed by atoms with Gasteiger partial charge in [0.1, 0.15) is 22.4 Å². The Hall–Kier alpha value is -2.41. The van der Waals surface area contributed by atoms with Crippen LogP contribution in [0.1, 0.15) is 37.6 Å². The van der Waals surface area contributed by atoms with Crippen LogP contribution in [-0.4, -0.2) is 27.1 Å². The largest absolute Gasteiger partial charge is 0.432 e. The average Bonchev–Trinajstić information content (AvgIpc) is 3.17. The first-order valence-corrected chi connectivity index (χ1v) is 10.7. The van der Waals surface area contributed by atoms with Gasteiger partial charge in [0.15, 0.2) is 5.72 Å². The molecule has 2 atom stereocenters. The first kappa shape index (κ1) is 19.9. The van der Waals surface area contributed by atoms with Crippen molar-refractivity contribution < 1.29 is 13.9 Å². The molecule has 0 radical (unpaired) electrons. The summed E-state index contributed by atoms with van der Waals surface area (Å²) in [6.07, 6.45) is 1.51. The molecule has 1 aliphatic heterocycles. The molecule has 2 aromatic carbocycles. The Labute approximate surface area is 174 Å². The maximum Gasteiger partial charge on any atom is 0.300 e. The van der Waals surface area contributed by atoms with Crippen molar-refractivity contribution in [1.82, 2.24) is 4.98 Å². The van der Waals surface area contributed by atoms with Crippen LogP contribution in [0.2, 0.25) is 0 Å². The second-order valence-corrected chi connectivity index (χ2v) is 9.01. The number of nitrogens with zero attached hydrogens (tertiary/aromatic N) is 2. The highest BCUT2D eigenvalue weighted by Crippen LogP contribution is 2.64. The summed E-state index contributed by atoms with van der Waals surface area (Å²) in [4.78, 5) is 6.61. The fourth-order valence-electron chi connectivity index (χ4n) is 4.95. The molecule has 0 bridgehead atoms. The van der Waals surface area contributed by atoms with Crippen molar-refractivity contribution in [3.05, 3.63) is 83.7 Å². The Morgan fingerprint density at radius 1 is 1.07 bits per heavy atom. The molecule has 2 unspecified atom stereocenters. The second kappa shape index (κ2) is 7.13. The SMILES string of the molecule is CC(C)(C)C1(c2ccccc2)CN(c2nc(CO)co2)C1(O[SiH3])c1ccccc1. The third-order valence-electron chi connectivity index (χ3n) is 6.29. The molecule has 1 saturated heterocycles. The van der Waals surface area contributed by atoms with Gasteiger partial charge in [0.2, 0.25) is 0 Å². The standard InChI is InChI=1S/C23H28N2O3Si/c1-21(2,3)22(17-10-6-4-7-11-17)16-25(20-24-19(14-26)15-27-20)23(22,28-29)18-12-8-5-9-13-18/h4-13,15,26H,14,16H2,1-3,29H3. The molecule has 6 heteroatoms. The lowest BCUT2D eigenvalue weighted by Crippen LogP contribution is -2.80. The molecule has 0 saturated carbocycles. The van der Waals surface area contributed by atoms with E-state index in [1.54, 1.807) is 0 Å². The predicted molar refractivity (Wildman–Crippen MR) is 116 cm³/mol. The number of rotatable bonds is 5. The molecule has 1 aromatic heterocycles. The molecule has 0 spiro atoms. The number of aromatic nitrogens is 1. The minimum Gasteiger partial charge on any atom is -0.432 e. The quantitative estimate of drug-likeness (QED) is 0.658. The molecule has 1 fully saturated rings. The molecule has 152 valence electrons. The second-order valence-electron chi connectivity index (χ2n) is 8.60. The summed E-state index contributed by atoms with van der Waals surface area (Å²) in [5.74, 6) is 0. The number of aliphatic hydroxyl groups is 1. The third kappa shape index (κ3) is 2.70. The van der Waals surface area contributed by atoms with Crippen LogP contribution >= 0.6 is 0 Å². The van der Waals surface area contributed by atoms with Crippen LogP contribution in [0.5, 0.6) is 0 Å². The molecular weight excluding hydrogens is 380 g/mol. The monoisotopic (exact) mass is 408 g/mol. The topological polar surface area (TPSA) is 58.7 Å². The zero-order valence-corrected chi connectivity index (χ0v) is 19.4. The van der Waals surface area contributed by atoms with Crippen molar-refractivity contribution in [2.75, 3.05) is 11.4 Å². The number of anilines is 1. The van der Waals surface area contributed by atoms with Gasteiger partial charge in [-0.05, 0) is 11.0 Å². The Balaban J connectivity index is 1.98. The zero-order valence-electron chi connectivity index (χ0n) is 17.4. The van der Waals surface area contributed by atoms with Gasteiger partial charge in [-0.25, -0.2) is 0 Å². The maximum absolute atomic E-state index is 9.47. The lowest BCUT2D eigenvalue weighted by atomic mass is 9.50. The lowest BCUT2D eigenvalue weighted by molar-refractivity contribution is -0.133. The minimum atomic E-state index is -0.752. The van der Waals surface area contributed by atoms with Crippen molar-refractivity contribution in [3.8, 4) is 0 Å². The maximum atomic E-state index is 9.47. The van der Waals surface area contributed by atoms with E-state index in [0.717, 1.165) is 5.56 Å². The summed E-state index contributed by atoms with van der Waals surface area (Å²) in [6.45, 7) is 7.35. The number of hydrogen-bond acceptors (Lipinski definition) is 5. The predicted octanol–water partition coefficient (Wildman–Crippen LogP) is 3.12. The van der Waals surface area contributed by atoms with Gasteiger partial charge in [0.25, 0.3) is 6.01 Å². The smallest absolute Gasteiger partial charge is 0.300 e. The third-order valence-corrected chi connectivity index (χ3v) is 6.88. The molecule has 0 aliphatic carbocycles. The van der Waals surface area contributed by atoms with Crippen LogP contribution in [0, 0.1) is 5.41 Å². The van der Waals surface area contributed by atoms with E-state index in [0.29, 0.717) is 28.7 Å². The van der Waals surface area contributed by atoms with Gasteiger partial charge in [-0.1, -0.05) is 81.4 Å². The molecule has 29 heavy (non-hydrogen) atoms. The summed E-state index contributed by atoms with van der Waals surface area (Å²) >= 11 is 0. The highest BCUT2D eigenvalue weighted by atomic mass is 28.2. The Bertz CT molecular complexity index is 971. The van der Waals surface area contributed by atoms with Gasteiger partial charge >= 0.3 is 0 Å². The van der Waals surface area contributed by atoms with Crippen LogP contribution in [0.25, 0.3) is 0 Å². The molecule has 1 N–H and O–H groups in total. The number of hydrogen-bond donors (Lipinski definition) is 1. The highest BCUT2D eigenvalue weighted by Gasteiger charge is 2.72. The summed E-state index contributed by atoms with van der Waals surface area (Å²) in [7, 11) is 0.535. The van der Waals surface area contributed by atoms with Gasteiger partial charge < -0.3 is 13.9 Å². The molecular formula is C23H28N2O3Si. The first-order chi connectivity index (χ1) is 13.9. The van der Waals surface area contributed by atoms with Crippen LogP contribution in [0.15, 0.2) is 71.3 Å². The number of benzene rings is 2. The Morgan fingerprint density at radius 3 is 2.14 bits per heavy atom. The van der Waals surface area contributed by atoms with Crippen molar-refractivity contribution in [3.63, 3.8) is 0 Å². The fourth-order valence-corrected chi connectivity index (χ4v) is 5.75. The van der Waals surface area contributed by atoms with Crippen LogP contribution in [-0.2, 0) is 22.2 Å². The van der Waals surface area contributed by atoms with Crippen LogP contribution in [0.3, 0.4) is 0 Å². The summed E-state index contributed by atoms with van der Waals surface area (Å²) in [6, 6.07) is 21.4. The highest BCUT2D eigenvalue weighted by molar-refractivity contribution is 5.99. The lowest BCUT2D eigenvalue weighted by Gasteiger charge is -2.69. The van der Waals surface area contributed by atoms with Crippen LogP contribution < -0.4 is 4.90 Å². The van der Waals surface area contributed by atoms with Gasteiger partial charge in [-0.3, -0.25) is 4.90 Å². The van der Waals surface area contributed by atoms with E-state index in [4.69, 9.17) is 8.84 Å². The molecule has 2 heterocycles. The number of aliphatic hydroxyl groups excluding tert-OH is 1. The van der Waals surface area contributed by atoms with Gasteiger partial charge in [-0.2, -0.15) is 4.98 Å². The Kier molecular flexibility index (Phi) is 4.89. The van der Waals surface area contributed by atoms with E-state index in [2.05, 4.69) is 67.1 Å². The molecule has 4 rings (SSSR count). The van der Waals surface area contributed by atoms with Crippen molar-refractivity contribution >= 4 is 16.5 Å². The summed E-state index contributed by atoms with van der Waals surface area (Å²) in [5, 5.41) is 9.47. The summed E-state index contributed by atoms with van der Waals surface area (Å²) in [5.41, 5.74) is 1.64. The van der Waals surface area contributed by atoms with Gasteiger partial charge in [0, 0.05) is 12.1 Å². The molecule has 5 nitrogen and oxygen atoms in total. The normalized spacial score (nSPS) is 24.5. The van der Waals surface area contributed by atoms with Crippen molar-refractivity contribution in [1.29, 1.82) is 0 Å². The summed E-state index contributed by atoms with van der Waals surface area (Å²) < 4.78 is 12.3. The molecule has 0 amide bonds. The fraction of sp³-hybridized carbons (Fsp3) is 0.348. The van der Waals surface area contributed by atoms with Crippen molar-refractivity contribution in [2.45, 2.75) is 38.5 Å². The molecule has 1 aliphatic rings. The van der Waals surface area contributed by atoms with E-state index in [1.807, 2.05) is 24.3 Å². The minimum absolute atomic E-state index is 0.114. The van der Waals surface area contributed by atoms with E-state index in [-0.39, 0.29) is 17.4 Å². The average molecular weight is 409 g/mol. The number of oxazole rings is 1. The van der Waals surface area contributed by atoms with Gasteiger partial charge in [0.05, 0.1) is 12.0 Å². The van der Waals surface area contributed by atoms with E-state index in [1.165, 1.54) is 11.8 Å². The molecule has 3 aromatic rings. The zero-order chi connectivity index (χ0) is 20.7. The van der Waals surface area contributed by atoms with Gasteiger partial charge in [-0.15, -0.1) is 0 Å². The van der Waals surface area contributed by atoms with E-state index < -0.39 is 5.72 Å².